The minimum atomic E-state index is 0. The molecule has 0 aliphatic heterocycles. The molecule has 0 saturated heterocycles. The predicted octanol–water partition coefficient (Wildman–Crippen LogP) is -0.171. The Morgan fingerprint density at radius 2 is 2.17 bits per heavy atom. The van der Waals surface area contributed by atoms with Crippen LogP contribution in [0.5, 0.6) is 0 Å². The first kappa shape index (κ1) is 9.99. The molecule has 0 aliphatic rings. The van der Waals surface area contributed by atoms with E-state index in [0.717, 1.165) is 6.32 Å². The van der Waals surface area contributed by atoms with Crippen molar-refractivity contribution in [2.45, 2.75) is 13.2 Å². The Kier molecular flexibility index (Phi) is 15.5. The predicted molar refractivity (Wildman–Crippen MR) is 27.7 cm³/mol. The van der Waals surface area contributed by atoms with Crippen molar-refractivity contribution in [1.29, 1.82) is 0 Å². The van der Waals surface area contributed by atoms with E-state index in [2.05, 4.69) is 0 Å². The first-order valence-corrected chi connectivity index (χ1v) is 1.78. The SMILES string of the molecule is [B][B][B]CC.[W]. The summed E-state index contributed by atoms with van der Waals surface area (Å²) in [5.41, 5.74) is 0. The molecule has 0 nitrogen and oxygen atoms in total. The number of rotatable bonds is 2. The van der Waals surface area contributed by atoms with Gasteiger partial charge in [0.1, 0.15) is 0 Å². The maximum atomic E-state index is 4.96. The van der Waals surface area contributed by atoms with Crippen molar-refractivity contribution in [3.63, 3.8) is 0 Å². The number of hydrogen-bond acceptors (Lipinski definition) is 0. The molecular weight excluding hydrogens is 240 g/mol. The van der Waals surface area contributed by atoms with E-state index in [4.69, 9.17) is 7.74 Å². The van der Waals surface area contributed by atoms with Gasteiger partial charge in [-0.05, 0) is 0 Å². The summed E-state index contributed by atoms with van der Waals surface area (Å²) in [6, 6.07) is 0. The molecule has 0 bridgehead atoms. The van der Waals surface area contributed by atoms with Gasteiger partial charge in [0, 0.05) is 35.9 Å². The van der Waals surface area contributed by atoms with E-state index in [-0.39, 0.29) is 21.1 Å². The standard InChI is InChI=1S/C2H5B3.W/c1-2-4-5-3;/h2H2,1H3;. The summed E-state index contributed by atoms with van der Waals surface area (Å²) >= 11 is 0. The molecule has 4 heteroatoms. The van der Waals surface area contributed by atoms with Crippen LogP contribution in [0.1, 0.15) is 6.92 Å². The normalized spacial score (nSPS) is 5.50. The van der Waals surface area contributed by atoms with Crippen molar-refractivity contribution < 1.29 is 21.1 Å². The fourth-order valence-corrected chi connectivity index (χ4v) is 0.136. The summed E-state index contributed by atoms with van der Waals surface area (Å²) in [5.74, 6) is 0. The molecule has 0 aromatic rings. The average Bonchev–Trinajstić information content (AvgIpc) is 1.41. The van der Waals surface area contributed by atoms with E-state index in [1.54, 1.807) is 7.06 Å². The van der Waals surface area contributed by atoms with Crippen molar-refractivity contribution in [3.8, 4) is 0 Å². The third-order valence-corrected chi connectivity index (χ3v) is 0.372. The Labute approximate surface area is 56.6 Å². The second-order valence-electron chi connectivity index (χ2n) is 0.836. The van der Waals surface area contributed by atoms with Gasteiger partial charge in [-0.1, -0.05) is 13.2 Å². The molecule has 0 unspecified atom stereocenters. The minimum Gasteiger partial charge on any atom is -0.0923 e. The monoisotopic (exact) mass is 246 g/mol. The molecule has 0 atom stereocenters. The van der Waals surface area contributed by atoms with Crippen LogP contribution in [0, 0.1) is 0 Å². The van der Waals surface area contributed by atoms with Gasteiger partial charge in [-0.3, -0.25) is 0 Å². The summed E-state index contributed by atoms with van der Waals surface area (Å²) in [5, 5.41) is 0. The minimum absolute atomic E-state index is 0. The van der Waals surface area contributed by atoms with E-state index < -0.39 is 0 Å². The Balaban J connectivity index is 0. The van der Waals surface area contributed by atoms with Gasteiger partial charge < -0.3 is 0 Å². The molecule has 0 aromatic carbocycles. The Hall–Kier alpha value is 0.883. The Morgan fingerprint density at radius 1 is 1.67 bits per heavy atom. The van der Waals surface area contributed by atoms with E-state index in [1.165, 1.54) is 0 Å². The molecule has 0 aromatic heterocycles. The first-order valence-electron chi connectivity index (χ1n) is 1.78. The van der Waals surface area contributed by atoms with Crippen LogP contribution in [0.3, 0.4) is 0 Å². The largest absolute Gasteiger partial charge is 0.0923 e. The second kappa shape index (κ2) is 9.30. The molecule has 0 N–H and O–H groups in total. The van der Waals surface area contributed by atoms with Crippen LogP contribution in [0.4, 0.5) is 0 Å². The summed E-state index contributed by atoms with van der Waals surface area (Å²) < 4.78 is 0. The van der Waals surface area contributed by atoms with Crippen molar-refractivity contribution >= 4 is 22.0 Å². The van der Waals surface area contributed by atoms with Crippen molar-refractivity contribution in [3.05, 3.63) is 0 Å². The maximum absolute atomic E-state index is 4.96. The summed E-state index contributed by atoms with van der Waals surface area (Å²) in [6.07, 6.45) is 1.04. The van der Waals surface area contributed by atoms with Crippen molar-refractivity contribution in [1.82, 2.24) is 0 Å². The summed E-state index contributed by atoms with van der Waals surface area (Å²) in [4.78, 5) is 0. The fraction of sp³-hybridized carbons (Fsp3) is 1.00. The zero-order valence-electron chi connectivity index (χ0n) is 3.85. The smallest absolute Gasteiger partial charge is 0.0541 e. The summed E-state index contributed by atoms with van der Waals surface area (Å²) in [6.45, 7) is 2.04. The van der Waals surface area contributed by atoms with Crippen LogP contribution in [-0.4, -0.2) is 22.0 Å². The van der Waals surface area contributed by atoms with Crippen molar-refractivity contribution in [2.75, 3.05) is 0 Å². The van der Waals surface area contributed by atoms with Gasteiger partial charge in [0.05, 0.1) is 7.17 Å². The van der Waals surface area contributed by atoms with E-state index in [0.29, 0.717) is 0 Å². The van der Waals surface area contributed by atoms with Gasteiger partial charge in [0.15, 0.2) is 0 Å². The van der Waals surface area contributed by atoms with E-state index in [1.807, 2.05) is 14.1 Å². The topological polar surface area (TPSA) is 0 Å². The molecule has 4 radical (unpaired) electrons. The van der Waals surface area contributed by atoms with Gasteiger partial charge in [0.2, 0.25) is 0 Å². The van der Waals surface area contributed by atoms with Crippen LogP contribution in [0.25, 0.3) is 0 Å². The van der Waals surface area contributed by atoms with Gasteiger partial charge in [-0.2, -0.15) is 0 Å². The first-order chi connectivity index (χ1) is 2.41. The second-order valence-corrected chi connectivity index (χ2v) is 0.836. The molecule has 0 amide bonds. The van der Waals surface area contributed by atoms with Crippen LogP contribution in [0.15, 0.2) is 0 Å². The zero-order chi connectivity index (χ0) is 4.12. The van der Waals surface area contributed by atoms with Crippen LogP contribution >= 0.6 is 0 Å². The third-order valence-electron chi connectivity index (χ3n) is 0.372. The molecule has 0 rings (SSSR count). The molecule has 0 fully saturated rings. The zero-order valence-corrected chi connectivity index (χ0v) is 6.78. The van der Waals surface area contributed by atoms with Crippen LogP contribution < -0.4 is 0 Å². The molecule has 0 spiro atoms. The van der Waals surface area contributed by atoms with Crippen molar-refractivity contribution in [2.24, 2.45) is 0 Å². The maximum Gasteiger partial charge on any atom is 0.0541 e. The molecule has 0 saturated carbocycles. The number of hydrogen-bond donors (Lipinski definition) is 0. The Bertz CT molecular complexity index is 16.3. The molecule has 28 valence electrons. The molecule has 6 heavy (non-hydrogen) atoms. The van der Waals surface area contributed by atoms with E-state index >= 15 is 0 Å². The molecular formula is C2H5B3W. The molecule has 0 aliphatic carbocycles. The van der Waals surface area contributed by atoms with Gasteiger partial charge in [-0.15, -0.1) is 0 Å². The van der Waals surface area contributed by atoms with Gasteiger partial charge in [0.25, 0.3) is 0 Å². The van der Waals surface area contributed by atoms with Crippen LogP contribution in [0.2, 0.25) is 6.32 Å². The Morgan fingerprint density at radius 3 is 2.17 bits per heavy atom. The molecule has 0 heterocycles. The quantitative estimate of drug-likeness (QED) is 0.593. The van der Waals surface area contributed by atoms with Crippen LogP contribution in [-0.2, 0) is 21.1 Å². The third kappa shape index (κ3) is 8.86. The summed E-state index contributed by atoms with van der Waals surface area (Å²) in [7, 11) is 8.42. The fourth-order valence-electron chi connectivity index (χ4n) is 0.136. The average molecular weight is 245 g/mol. The van der Waals surface area contributed by atoms with E-state index in [9.17, 15) is 0 Å². The van der Waals surface area contributed by atoms with Gasteiger partial charge in [-0.25, -0.2) is 0 Å². The van der Waals surface area contributed by atoms with Gasteiger partial charge >= 0.3 is 0 Å².